The second-order valence-electron chi connectivity index (χ2n) is 5.16. The first kappa shape index (κ1) is 16.9. The van der Waals surface area contributed by atoms with Crippen molar-refractivity contribution in [1.29, 1.82) is 0 Å². The monoisotopic (exact) mass is 351 g/mol. The highest BCUT2D eigenvalue weighted by Crippen LogP contribution is 2.29. The van der Waals surface area contributed by atoms with Crippen LogP contribution in [0.2, 0.25) is 0 Å². The molecule has 9 heteroatoms. The molecule has 132 valence electrons. The zero-order valence-electron chi connectivity index (χ0n) is 13.3. The lowest BCUT2D eigenvalue weighted by Crippen LogP contribution is -2.33. The molecule has 7 nitrogen and oxygen atoms in total. The van der Waals surface area contributed by atoms with E-state index >= 15 is 0 Å². The number of para-hydroxylation sites is 2. The van der Waals surface area contributed by atoms with Crippen molar-refractivity contribution < 1.29 is 27.8 Å². The van der Waals surface area contributed by atoms with Crippen LogP contribution in [-0.4, -0.2) is 41.4 Å². The molecule has 2 aromatic rings. The first-order valence-corrected chi connectivity index (χ1v) is 7.64. The Hall–Kier alpha value is -2.97. The number of ether oxygens (including phenoxy) is 2. The van der Waals surface area contributed by atoms with E-state index in [2.05, 4.69) is 15.2 Å². The minimum atomic E-state index is -3.04. The van der Waals surface area contributed by atoms with Crippen LogP contribution in [0.5, 0.6) is 5.75 Å². The highest BCUT2D eigenvalue weighted by molar-refractivity contribution is 6.00. The molecule has 0 unspecified atom stereocenters. The number of amides is 1. The van der Waals surface area contributed by atoms with Crippen LogP contribution in [0.4, 0.5) is 8.78 Å². The molecule has 3 rings (SSSR count). The summed E-state index contributed by atoms with van der Waals surface area (Å²) in [5.41, 5.74) is 0.666. The lowest BCUT2D eigenvalue weighted by atomic mass is 10.1. The average Bonchev–Trinajstić information content (AvgIpc) is 2.96. The first-order valence-electron chi connectivity index (χ1n) is 7.64. The van der Waals surface area contributed by atoms with Gasteiger partial charge in [-0.2, -0.15) is 13.9 Å². The molecule has 1 amide bonds. The Kier molecular flexibility index (Phi) is 4.64. The van der Waals surface area contributed by atoms with Gasteiger partial charge in [0.1, 0.15) is 11.4 Å². The molecule has 1 N–H and O–H groups in total. The van der Waals surface area contributed by atoms with Gasteiger partial charge in [0.2, 0.25) is 0 Å². The summed E-state index contributed by atoms with van der Waals surface area (Å²) in [4.78, 5) is 24.4. The Morgan fingerprint density at radius 1 is 1.40 bits per heavy atom. The Balaban J connectivity index is 2.17. The van der Waals surface area contributed by atoms with Crippen molar-refractivity contribution in [3.8, 4) is 11.4 Å². The van der Waals surface area contributed by atoms with E-state index in [-0.39, 0.29) is 29.4 Å². The Bertz CT molecular complexity index is 820. The Labute approximate surface area is 141 Å². The topological polar surface area (TPSA) is 82.4 Å². The van der Waals surface area contributed by atoms with E-state index in [9.17, 15) is 18.4 Å². The maximum Gasteiger partial charge on any atom is 0.387 e. The van der Waals surface area contributed by atoms with Crippen LogP contribution in [-0.2, 0) is 11.2 Å². The van der Waals surface area contributed by atoms with E-state index < -0.39 is 18.5 Å². The van der Waals surface area contributed by atoms with Gasteiger partial charge in [-0.1, -0.05) is 12.1 Å². The number of carbonyl (C=O) groups excluding carboxylic acids is 2. The van der Waals surface area contributed by atoms with Crippen LogP contribution in [0.15, 0.2) is 24.3 Å². The predicted octanol–water partition coefficient (Wildman–Crippen LogP) is 1.94. The summed E-state index contributed by atoms with van der Waals surface area (Å²) in [6.07, 6.45) is 0.382. The van der Waals surface area contributed by atoms with Crippen LogP contribution >= 0.6 is 0 Å². The largest absolute Gasteiger partial charge is 0.461 e. The van der Waals surface area contributed by atoms with Crippen molar-refractivity contribution in [1.82, 2.24) is 15.1 Å². The van der Waals surface area contributed by atoms with Crippen molar-refractivity contribution in [3.05, 3.63) is 41.2 Å². The van der Waals surface area contributed by atoms with Crippen molar-refractivity contribution in [2.45, 2.75) is 20.0 Å². The predicted molar refractivity (Wildman–Crippen MR) is 82.2 cm³/mol. The molecule has 0 spiro atoms. The summed E-state index contributed by atoms with van der Waals surface area (Å²) in [6, 6.07) is 5.91. The van der Waals surface area contributed by atoms with Gasteiger partial charge in [0, 0.05) is 12.1 Å². The summed E-state index contributed by atoms with van der Waals surface area (Å²) in [5.74, 6) is -1.27. The lowest BCUT2D eigenvalue weighted by Gasteiger charge is -2.16. The van der Waals surface area contributed by atoms with E-state index in [1.54, 1.807) is 13.0 Å². The maximum absolute atomic E-state index is 12.7. The number of halogens is 2. The van der Waals surface area contributed by atoms with Crippen LogP contribution < -0.4 is 10.1 Å². The minimum absolute atomic E-state index is 0.00134. The quantitative estimate of drug-likeness (QED) is 0.833. The number of carbonyl (C=O) groups is 2. The molecule has 25 heavy (non-hydrogen) atoms. The molecule has 1 aliphatic rings. The zero-order valence-corrected chi connectivity index (χ0v) is 13.3. The Morgan fingerprint density at radius 3 is 2.88 bits per heavy atom. The number of nitrogens with one attached hydrogen (secondary N) is 1. The van der Waals surface area contributed by atoms with Crippen LogP contribution in [0.1, 0.15) is 33.5 Å². The van der Waals surface area contributed by atoms with Gasteiger partial charge in [0.15, 0.2) is 11.4 Å². The molecule has 0 saturated heterocycles. The molecular weight excluding hydrogens is 336 g/mol. The van der Waals surface area contributed by atoms with Gasteiger partial charge in [-0.15, -0.1) is 0 Å². The number of hydrogen-bond acceptors (Lipinski definition) is 5. The second kappa shape index (κ2) is 6.88. The fourth-order valence-electron chi connectivity index (χ4n) is 2.67. The standard InChI is InChI=1S/C16H15F2N3O4/c1-2-24-15(23)12-9-7-8-19-14(22)13(9)21(20-12)10-5-3-4-6-11(10)25-16(17)18/h3-6,16H,2,7-8H2,1H3,(H,19,22). The zero-order chi connectivity index (χ0) is 18.0. The third-order valence-corrected chi connectivity index (χ3v) is 3.64. The number of fused-ring (bicyclic) bond motifs is 1. The number of alkyl halides is 2. The molecule has 2 heterocycles. The van der Waals surface area contributed by atoms with Crippen LogP contribution in [0.25, 0.3) is 5.69 Å². The third-order valence-electron chi connectivity index (χ3n) is 3.64. The number of rotatable bonds is 5. The van der Waals surface area contributed by atoms with E-state index in [1.807, 2.05) is 0 Å². The maximum atomic E-state index is 12.7. The normalized spacial score (nSPS) is 13.4. The fourth-order valence-corrected chi connectivity index (χ4v) is 2.67. The highest BCUT2D eigenvalue weighted by atomic mass is 19.3. The summed E-state index contributed by atoms with van der Waals surface area (Å²) in [6.45, 7) is -0.887. The number of hydrogen-bond donors (Lipinski definition) is 1. The molecule has 0 bridgehead atoms. The Morgan fingerprint density at radius 2 is 2.16 bits per heavy atom. The molecule has 0 aliphatic carbocycles. The number of benzene rings is 1. The summed E-state index contributed by atoms with van der Waals surface area (Å²) in [7, 11) is 0. The number of aromatic nitrogens is 2. The van der Waals surface area contributed by atoms with Gasteiger partial charge < -0.3 is 14.8 Å². The van der Waals surface area contributed by atoms with Crippen LogP contribution in [0.3, 0.4) is 0 Å². The first-order chi connectivity index (χ1) is 12.0. The van der Waals surface area contributed by atoms with Gasteiger partial charge in [-0.3, -0.25) is 4.79 Å². The molecule has 0 atom stereocenters. The molecule has 1 aromatic carbocycles. The highest BCUT2D eigenvalue weighted by Gasteiger charge is 2.32. The minimum Gasteiger partial charge on any atom is -0.461 e. The van der Waals surface area contributed by atoms with Gasteiger partial charge in [0.05, 0.1) is 6.61 Å². The SMILES string of the molecule is CCOC(=O)c1nn(-c2ccccc2OC(F)F)c2c1CCNC2=O. The van der Waals surface area contributed by atoms with E-state index in [0.29, 0.717) is 18.5 Å². The summed E-state index contributed by atoms with van der Waals surface area (Å²) < 4.78 is 35.9. The average molecular weight is 351 g/mol. The van der Waals surface area contributed by atoms with Crippen LogP contribution in [0, 0.1) is 0 Å². The number of nitrogens with zero attached hydrogens (tertiary/aromatic N) is 2. The van der Waals surface area contributed by atoms with Gasteiger partial charge in [-0.05, 0) is 25.5 Å². The van der Waals surface area contributed by atoms with Gasteiger partial charge in [-0.25, -0.2) is 9.48 Å². The molecule has 0 radical (unpaired) electrons. The molecular formula is C16H15F2N3O4. The van der Waals surface area contributed by atoms with Crippen molar-refractivity contribution in [2.75, 3.05) is 13.2 Å². The van der Waals surface area contributed by atoms with E-state index in [1.165, 1.54) is 18.2 Å². The molecule has 1 aliphatic heterocycles. The third kappa shape index (κ3) is 3.17. The van der Waals surface area contributed by atoms with Crippen molar-refractivity contribution in [2.24, 2.45) is 0 Å². The van der Waals surface area contributed by atoms with Gasteiger partial charge >= 0.3 is 12.6 Å². The van der Waals surface area contributed by atoms with Gasteiger partial charge in [0.25, 0.3) is 5.91 Å². The lowest BCUT2D eigenvalue weighted by molar-refractivity contribution is -0.0499. The summed E-state index contributed by atoms with van der Waals surface area (Å²) in [5, 5.41) is 6.81. The fraction of sp³-hybridized carbons (Fsp3) is 0.312. The molecule has 0 saturated carbocycles. The van der Waals surface area contributed by atoms with Crippen molar-refractivity contribution in [3.63, 3.8) is 0 Å². The van der Waals surface area contributed by atoms with E-state index in [0.717, 1.165) is 4.68 Å². The molecule has 1 aromatic heterocycles. The van der Waals surface area contributed by atoms with E-state index in [4.69, 9.17) is 4.74 Å². The summed E-state index contributed by atoms with van der Waals surface area (Å²) >= 11 is 0. The smallest absolute Gasteiger partial charge is 0.387 e. The van der Waals surface area contributed by atoms with Crippen molar-refractivity contribution >= 4 is 11.9 Å². The molecule has 0 fully saturated rings. The number of esters is 1. The second-order valence-corrected chi connectivity index (χ2v) is 5.16.